The summed E-state index contributed by atoms with van der Waals surface area (Å²) in [6.07, 6.45) is 2.82. The molecule has 0 radical (unpaired) electrons. The Hall–Kier alpha value is -1.06. The maximum Gasteiger partial charge on any atom is 0.308 e. The number of rotatable bonds is 6. The molecule has 4 nitrogen and oxygen atoms in total. The molecule has 0 aromatic heterocycles. The second kappa shape index (κ2) is 5.72. The lowest BCUT2D eigenvalue weighted by atomic mass is 9.84. The van der Waals surface area contributed by atoms with Gasteiger partial charge in [-0.3, -0.25) is 9.59 Å². The van der Waals surface area contributed by atoms with Gasteiger partial charge in [-0.05, 0) is 30.6 Å². The Morgan fingerprint density at radius 2 is 1.89 bits per heavy atom. The summed E-state index contributed by atoms with van der Waals surface area (Å²) in [5.41, 5.74) is -0.0457. The number of carboxylic acid groups (broad SMARTS) is 1. The van der Waals surface area contributed by atoms with Gasteiger partial charge in [0.1, 0.15) is 0 Å². The first-order valence-electron chi connectivity index (χ1n) is 6.71. The predicted molar refractivity (Wildman–Crippen MR) is 70.1 cm³/mol. The van der Waals surface area contributed by atoms with Crippen LogP contribution < -0.4 is 5.32 Å². The molecular formula is C14H25NO3. The van der Waals surface area contributed by atoms with Crippen molar-refractivity contribution in [2.75, 3.05) is 6.54 Å². The highest BCUT2D eigenvalue weighted by Crippen LogP contribution is 2.36. The van der Waals surface area contributed by atoms with Gasteiger partial charge in [0.15, 0.2) is 0 Å². The SMILES string of the molecule is CC(C(=O)NCC(CC(C)(C)C)C(=O)O)C1CC1. The van der Waals surface area contributed by atoms with Crippen LogP contribution in [0, 0.1) is 23.2 Å². The molecule has 1 fully saturated rings. The molecule has 0 spiro atoms. The van der Waals surface area contributed by atoms with E-state index in [1.54, 1.807) is 0 Å². The van der Waals surface area contributed by atoms with Gasteiger partial charge in [-0.1, -0.05) is 27.7 Å². The molecule has 1 aliphatic carbocycles. The molecule has 2 atom stereocenters. The van der Waals surface area contributed by atoms with Gasteiger partial charge in [0.25, 0.3) is 0 Å². The van der Waals surface area contributed by atoms with Crippen molar-refractivity contribution < 1.29 is 14.7 Å². The number of nitrogens with one attached hydrogen (secondary N) is 1. The largest absolute Gasteiger partial charge is 0.481 e. The van der Waals surface area contributed by atoms with Gasteiger partial charge in [0, 0.05) is 12.5 Å². The van der Waals surface area contributed by atoms with Crippen LogP contribution in [-0.4, -0.2) is 23.5 Å². The van der Waals surface area contributed by atoms with Gasteiger partial charge in [-0.2, -0.15) is 0 Å². The molecule has 18 heavy (non-hydrogen) atoms. The van der Waals surface area contributed by atoms with Crippen LogP contribution in [0.2, 0.25) is 0 Å². The maximum atomic E-state index is 11.8. The molecule has 104 valence electrons. The van der Waals surface area contributed by atoms with Crippen molar-refractivity contribution in [3.05, 3.63) is 0 Å². The van der Waals surface area contributed by atoms with Crippen molar-refractivity contribution in [2.45, 2.75) is 47.0 Å². The first kappa shape index (κ1) is 15.0. The fourth-order valence-corrected chi connectivity index (χ4v) is 2.18. The van der Waals surface area contributed by atoms with Gasteiger partial charge in [0.2, 0.25) is 5.91 Å². The topological polar surface area (TPSA) is 66.4 Å². The molecule has 0 heterocycles. The molecule has 1 rings (SSSR count). The summed E-state index contributed by atoms with van der Waals surface area (Å²) in [6.45, 7) is 8.20. The zero-order valence-electron chi connectivity index (χ0n) is 11.8. The van der Waals surface area contributed by atoms with Crippen LogP contribution in [0.5, 0.6) is 0 Å². The van der Waals surface area contributed by atoms with Crippen LogP contribution in [0.1, 0.15) is 47.0 Å². The zero-order chi connectivity index (χ0) is 13.9. The highest BCUT2D eigenvalue weighted by Gasteiger charge is 2.33. The van der Waals surface area contributed by atoms with Gasteiger partial charge >= 0.3 is 5.97 Å². The average molecular weight is 255 g/mol. The minimum Gasteiger partial charge on any atom is -0.481 e. The van der Waals surface area contributed by atoms with Crippen molar-refractivity contribution in [3.8, 4) is 0 Å². The van der Waals surface area contributed by atoms with Crippen molar-refractivity contribution in [1.82, 2.24) is 5.32 Å². The van der Waals surface area contributed by atoms with Crippen molar-refractivity contribution in [1.29, 1.82) is 0 Å². The lowest BCUT2D eigenvalue weighted by Gasteiger charge is -2.24. The van der Waals surface area contributed by atoms with E-state index in [2.05, 4.69) is 5.32 Å². The Morgan fingerprint density at radius 1 is 1.33 bits per heavy atom. The molecule has 1 saturated carbocycles. The standard InChI is InChI=1S/C14H25NO3/c1-9(10-5-6-10)12(16)15-8-11(13(17)18)7-14(2,3)4/h9-11H,5-8H2,1-4H3,(H,15,16)(H,17,18). The van der Waals surface area contributed by atoms with E-state index in [1.807, 2.05) is 27.7 Å². The number of hydrogen-bond donors (Lipinski definition) is 2. The van der Waals surface area contributed by atoms with Crippen molar-refractivity contribution in [2.24, 2.45) is 23.2 Å². The molecule has 1 aliphatic rings. The molecule has 0 bridgehead atoms. The number of carboxylic acids is 1. The molecule has 0 saturated heterocycles. The van der Waals surface area contributed by atoms with E-state index in [1.165, 1.54) is 0 Å². The second-order valence-corrected chi connectivity index (χ2v) is 6.67. The quantitative estimate of drug-likeness (QED) is 0.765. The van der Waals surface area contributed by atoms with Crippen LogP contribution in [0.4, 0.5) is 0 Å². The summed E-state index contributed by atoms with van der Waals surface area (Å²) in [5, 5.41) is 11.9. The van der Waals surface area contributed by atoms with Gasteiger partial charge < -0.3 is 10.4 Å². The minimum atomic E-state index is -0.829. The molecule has 0 aromatic carbocycles. The molecule has 0 aliphatic heterocycles. The van der Waals surface area contributed by atoms with E-state index in [0.29, 0.717) is 12.3 Å². The van der Waals surface area contributed by atoms with Gasteiger partial charge in [-0.15, -0.1) is 0 Å². The highest BCUT2D eigenvalue weighted by atomic mass is 16.4. The Balaban J connectivity index is 2.41. The summed E-state index contributed by atoms with van der Waals surface area (Å²) in [7, 11) is 0. The van der Waals surface area contributed by atoms with Crippen LogP contribution in [0.15, 0.2) is 0 Å². The minimum absolute atomic E-state index is 0.00217. The van der Waals surface area contributed by atoms with Crippen LogP contribution in [0.3, 0.4) is 0 Å². The monoisotopic (exact) mass is 255 g/mol. The summed E-state index contributed by atoms with van der Waals surface area (Å²) >= 11 is 0. The van der Waals surface area contributed by atoms with E-state index in [4.69, 9.17) is 5.11 Å². The zero-order valence-corrected chi connectivity index (χ0v) is 11.8. The number of amides is 1. The lowest BCUT2D eigenvalue weighted by Crippen LogP contribution is -2.37. The van der Waals surface area contributed by atoms with E-state index in [-0.39, 0.29) is 23.8 Å². The molecule has 4 heteroatoms. The molecule has 1 amide bonds. The van der Waals surface area contributed by atoms with Gasteiger partial charge in [-0.25, -0.2) is 0 Å². The summed E-state index contributed by atoms with van der Waals surface area (Å²) < 4.78 is 0. The lowest BCUT2D eigenvalue weighted by molar-refractivity contribution is -0.142. The number of carbonyl (C=O) groups excluding carboxylic acids is 1. The normalized spacial score (nSPS) is 19.1. The highest BCUT2D eigenvalue weighted by molar-refractivity contribution is 5.79. The van der Waals surface area contributed by atoms with Crippen LogP contribution in [-0.2, 0) is 9.59 Å². The van der Waals surface area contributed by atoms with E-state index in [0.717, 1.165) is 12.8 Å². The van der Waals surface area contributed by atoms with Crippen molar-refractivity contribution >= 4 is 11.9 Å². The fourth-order valence-electron chi connectivity index (χ4n) is 2.18. The van der Waals surface area contributed by atoms with E-state index in [9.17, 15) is 9.59 Å². The summed E-state index contributed by atoms with van der Waals surface area (Å²) in [4.78, 5) is 23.0. The maximum absolute atomic E-state index is 11.8. The second-order valence-electron chi connectivity index (χ2n) is 6.67. The third-order valence-corrected chi connectivity index (χ3v) is 3.47. The first-order chi connectivity index (χ1) is 8.20. The summed E-state index contributed by atoms with van der Waals surface area (Å²) in [6, 6.07) is 0. The Labute approximate surface area is 109 Å². The third-order valence-electron chi connectivity index (χ3n) is 3.47. The average Bonchev–Trinajstić information content (AvgIpc) is 3.04. The van der Waals surface area contributed by atoms with Crippen LogP contribution >= 0.6 is 0 Å². The molecule has 0 aromatic rings. The first-order valence-corrected chi connectivity index (χ1v) is 6.71. The number of carbonyl (C=O) groups is 2. The van der Waals surface area contributed by atoms with E-state index >= 15 is 0 Å². The number of aliphatic carboxylic acids is 1. The van der Waals surface area contributed by atoms with Gasteiger partial charge in [0.05, 0.1) is 5.92 Å². The van der Waals surface area contributed by atoms with E-state index < -0.39 is 11.9 Å². The molecule has 2 unspecified atom stereocenters. The molecular weight excluding hydrogens is 230 g/mol. The summed E-state index contributed by atoms with van der Waals surface area (Å²) in [5.74, 6) is -0.799. The smallest absolute Gasteiger partial charge is 0.308 e. The van der Waals surface area contributed by atoms with Crippen LogP contribution in [0.25, 0.3) is 0 Å². The Kier molecular flexibility index (Phi) is 4.77. The third kappa shape index (κ3) is 5.07. The Morgan fingerprint density at radius 3 is 2.28 bits per heavy atom. The molecule has 2 N–H and O–H groups in total. The fraction of sp³-hybridized carbons (Fsp3) is 0.857. The predicted octanol–water partition coefficient (Wildman–Crippen LogP) is 2.29. The Bertz CT molecular complexity index is 315. The number of hydrogen-bond acceptors (Lipinski definition) is 2. The van der Waals surface area contributed by atoms with Crippen molar-refractivity contribution in [3.63, 3.8) is 0 Å².